The molecule has 0 spiro atoms. The number of halogens is 3. The van der Waals surface area contributed by atoms with Gasteiger partial charge >= 0.3 is 6.36 Å². The fraction of sp³-hybridized carbons (Fsp3) is 0.417. The molecule has 21 heavy (non-hydrogen) atoms. The van der Waals surface area contributed by atoms with Gasteiger partial charge in [0.05, 0.1) is 10.6 Å². The van der Waals surface area contributed by atoms with Crippen LogP contribution in [-0.4, -0.2) is 33.5 Å². The summed E-state index contributed by atoms with van der Waals surface area (Å²) in [6.45, 7) is 0. The standard InChI is InChI=1S/C12H14F3NO4S/c1-16-11(17)3-2-8-21(18,19)10-6-4-9(5-7-10)20-12(13,14)15/h4-7H,2-3,8H2,1H3,(H,16,17). The maximum absolute atomic E-state index is 12.0. The second-order valence-corrected chi connectivity index (χ2v) is 6.22. The summed E-state index contributed by atoms with van der Waals surface area (Å²) in [5.41, 5.74) is 0. The van der Waals surface area contributed by atoms with Crippen LogP contribution in [0.15, 0.2) is 29.2 Å². The number of sulfone groups is 1. The van der Waals surface area contributed by atoms with Crippen molar-refractivity contribution in [1.29, 1.82) is 0 Å². The predicted octanol–water partition coefficient (Wildman–Crippen LogP) is 1.89. The van der Waals surface area contributed by atoms with Gasteiger partial charge in [-0.05, 0) is 30.7 Å². The number of ether oxygens (including phenoxy) is 1. The molecule has 0 aliphatic carbocycles. The molecule has 1 N–H and O–H groups in total. The molecule has 0 heterocycles. The van der Waals surface area contributed by atoms with E-state index in [0.717, 1.165) is 24.3 Å². The van der Waals surface area contributed by atoms with Crippen molar-refractivity contribution in [3.63, 3.8) is 0 Å². The SMILES string of the molecule is CNC(=O)CCCS(=O)(=O)c1ccc(OC(F)(F)F)cc1. The second kappa shape index (κ2) is 6.79. The second-order valence-electron chi connectivity index (χ2n) is 4.11. The van der Waals surface area contributed by atoms with Crippen LogP contribution in [0, 0.1) is 0 Å². The van der Waals surface area contributed by atoms with E-state index in [9.17, 15) is 26.4 Å². The van der Waals surface area contributed by atoms with Crippen molar-refractivity contribution in [2.45, 2.75) is 24.1 Å². The van der Waals surface area contributed by atoms with Crippen molar-refractivity contribution < 1.29 is 31.1 Å². The first kappa shape index (κ1) is 17.3. The van der Waals surface area contributed by atoms with Gasteiger partial charge in [0.25, 0.3) is 0 Å². The molecule has 5 nitrogen and oxygen atoms in total. The minimum Gasteiger partial charge on any atom is -0.406 e. The minimum atomic E-state index is -4.83. The Balaban J connectivity index is 2.69. The summed E-state index contributed by atoms with van der Waals surface area (Å²) in [7, 11) is -2.20. The molecule has 0 unspecified atom stereocenters. The van der Waals surface area contributed by atoms with Gasteiger partial charge in [-0.15, -0.1) is 13.2 Å². The van der Waals surface area contributed by atoms with E-state index in [4.69, 9.17) is 0 Å². The lowest BCUT2D eigenvalue weighted by molar-refractivity contribution is -0.274. The first-order chi connectivity index (χ1) is 9.64. The van der Waals surface area contributed by atoms with Crippen LogP contribution < -0.4 is 10.1 Å². The Morgan fingerprint density at radius 1 is 1.24 bits per heavy atom. The van der Waals surface area contributed by atoms with Crippen molar-refractivity contribution in [3.05, 3.63) is 24.3 Å². The Morgan fingerprint density at radius 3 is 2.29 bits per heavy atom. The highest BCUT2D eigenvalue weighted by Gasteiger charge is 2.31. The molecule has 0 saturated carbocycles. The lowest BCUT2D eigenvalue weighted by Gasteiger charge is -2.09. The van der Waals surface area contributed by atoms with E-state index in [1.807, 2.05) is 0 Å². The van der Waals surface area contributed by atoms with Gasteiger partial charge in [0.2, 0.25) is 5.91 Å². The summed E-state index contributed by atoms with van der Waals surface area (Å²) in [5, 5.41) is 2.36. The van der Waals surface area contributed by atoms with Crippen molar-refractivity contribution >= 4 is 15.7 Å². The van der Waals surface area contributed by atoms with E-state index in [1.165, 1.54) is 7.05 Å². The molecule has 0 aliphatic heterocycles. The molecule has 0 fully saturated rings. The first-order valence-electron chi connectivity index (χ1n) is 5.93. The third-order valence-electron chi connectivity index (χ3n) is 2.51. The predicted molar refractivity (Wildman–Crippen MR) is 68.5 cm³/mol. The average Bonchev–Trinajstić information content (AvgIpc) is 2.37. The number of benzene rings is 1. The van der Waals surface area contributed by atoms with Crippen LogP contribution in [0.5, 0.6) is 5.75 Å². The van der Waals surface area contributed by atoms with Crippen LogP contribution in [0.3, 0.4) is 0 Å². The zero-order valence-electron chi connectivity index (χ0n) is 11.1. The van der Waals surface area contributed by atoms with Crippen LogP contribution in [-0.2, 0) is 14.6 Å². The summed E-state index contributed by atoms with van der Waals surface area (Å²) in [5.74, 6) is -1.04. The summed E-state index contributed by atoms with van der Waals surface area (Å²) >= 11 is 0. The fourth-order valence-corrected chi connectivity index (χ4v) is 2.83. The molecule has 0 bridgehead atoms. The van der Waals surface area contributed by atoms with Crippen LogP contribution in [0.25, 0.3) is 0 Å². The van der Waals surface area contributed by atoms with Crippen LogP contribution >= 0.6 is 0 Å². The summed E-state index contributed by atoms with van der Waals surface area (Å²) in [4.78, 5) is 10.9. The topological polar surface area (TPSA) is 72.5 Å². The quantitative estimate of drug-likeness (QED) is 0.867. The number of hydrogen-bond donors (Lipinski definition) is 1. The first-order valence-corrected chi connectivity index (χ1v) is 7.58. The number of rotatable bonds is 6. The van der Waals surface area contributed by atoms with Gasteiger partial charge in [-0.1, -0.05) is 0 Å². The number of carbonyl (C=O) groups is 1. The van der Waals surface area contributed by atoms with Crippen molar-refractivity contribution in [1.82, 2.24) is 5.32 Å². The van der Waals surface area contributed by atoms with Crippen LogP contribution in [0.4, 0.5) is 13.2 Å². The Morgan fingerprint density at radius 2 is 1.81 bits per heavy atom. The molecule has 9 heteroatoms. The average molecular weight is 325 g/mol. The van der Waals surface area contributed by atoms with Crippen molar-refractivity contribution in [2.75, 3.05) is 12.8 Å². The van der Waals surface area contributed by atoms with Gasteiger partial charge in [-0.3, -0.25) is 4.79 Å². The number of nitrogens with one attached hydrogen (secondary N) is 1. The summed E-state index contributed by atoms with van der Waals surface area (Å²) < 4.78 is 63.4. The molecular weight excluding hydrogens is 311 g/mol. The summed E-state index contributed by atoms with van der Waals surface area (Å²) in [6.07, 6.45) is -4.64. The van der Waals surface area contributed by atoms with E-state index in [0.29, 0.717) is 0 Å². The molecule has 0 atom stereocenters. The monoisotopic (exact) mass is 325 g/mol. The zero-order chi connectivity index (χ0) is 16.1. The van der Waals surface area contributed by atoms with Crippen molar-refractivity contribution in [3.8, 4) is 5.75 Å². The van der Waals surface area contributed by atoms with E-state index in [-0.39, 0.29) is 29.4 Å². The fourth-order valence-electron chi connectivity index (χ4n) is 1.51. The molecule has 1 rings (SSSR count). The van der Waals surface area contributed by atoms with Gasteiger partial charge < -0.3 is 10.1 Å². The van der Waals surface area contributed by atoms with Gasteiger partial charge in [0.1, 0.15) is 5.75 Å². The molecule has 1 amide bonds. The zero-order valence-corrected chi connectivity index (χ0v) is 11.9. The third-order valence-corrected chi connectivity index (χ3v) is 4.33. The molecule has 0 saturated heterocycles. The Bertz CT molecular complexity index is 582. The molecule has 0 aliphatic rings. The smallest absolute Gasteiger partial charge is 0.406 e. The Kier molecular flexibility index (Phi) is 5.59. The van der Waals surface area contributed by atoms with Gasteiger partial charge in [0.15, 0.2) is 9.84 Å². The van der Waals surface area contributed by atoms with E-state index >= 15 is 0 Å². The van der Waals surface area contributed by atoms with E-state index in [2.05, 4.69) is 10.1 Å². The minimum absolute atomic E-state index is 0.0605. The molecule has 1 aromatic rings. The third kappa shape index (κ3) is 6.03. The van der Waals surface area contributed by atoms with E-state index < -0.39 is 21.9 Å². The number of hydrogen-bond acceptors (Lipinski definition) is 4. The number of carbonyl (C=O) groups excluding carboxylic acids is 1. The largest absolute Gasteiger partial charge is 0.573 e. The number of amides is 1. The van der Waals surface area contributed by atoms with Crippen LogP contribution in [0.1, 0.15) is 12.8 Å². The van der Waals surface area contributed by atoms with Gasteiger partial charge in [-0.2, -0.15) is 0 Å². The molecule has 0 aromatic heterocycles. The van der Waals surface area contributed by atoms with Crippen molar-refractivity contribution in [2.24, 2.45) is 0 Å². The highest BCUT2D eigenvalue weighted by molar-refractivity contribution is 7.91. The van der Waals surface area contributed by atoms with Gasteiger partial charge in [0, 0.05) is 13.5 Å². The van der Waals surface area contributed by atoms with E-state index in [1.54, 1.807) is 0 Å². The highest BCUT2D eigenvalue weighted by atomic mass is 32.2. The number of alkyl halides is 3. The molecule has 1 aromatic carbocycles. The lowest BCUT2D eigenvalue weighted by atomic mass is 10.3. The molecule has 118 valence electrons. The Hall–Kier alpha value is -1.77. The van der Waals surface area contributed by atoms with Crippen LogP contribution in [0.2, 0.25) is 0 Å². The normalized spacial score (nSPS) is 12.0. The maximum Gasteiger partial charge on any atom is 0.573 e. The Labute approximate surface area is 120 Å². The van der Waals surface area contributed by atoms with Gasteiger partial charge in [-0.25, -0.2) is 8.42 Å². The molecular formula is C12H14F3NO4S. The maximum atomic E-state index is 12.0. The highest BCUT2D eigenvalue weighted by Crippen LogP contribution is 2.24. The summed E-state index contributed by atoms with van der Waals surface area (Å²) in [6, 6.07) is 3.94. The lowest BCUT2D eigenvalue weighted by Crippen LogP contribution is -2.19. The molecule has 0 radical (unpaired) electrons.